The van der Waals surface area contributed by atoms with Gasteiger partial charge >= 0.3 is 0 Å². The zero-order valence-electron chi connectivity index (χ0n) is 9.42. The number of nitrogens with one attached hydrogen (secondary N) is 2. The molecule has 3 nitrogen and oxygen atoms in total. The summed E-state index contributed by atoms with van der Waals surface area (Å²) in [5.41, 5.74) is 0.963. The summed E-state index contributed by atoms with van der Waals surface area (Å²) >= 11 is 0. The van der Waals surface area contributed by atoms with Crippen LogP contribution in [-0.2, 0) is 11.3 Å². The molecule has 1 amide bonds. The quantitative estimate of drug-likeness (QED) is 0.767. The van der Waals surface area contributed by atoms with E-state index in [0.29, 0.717) is 13.1 Å². The summed E-state index contributed by atoms with van der Waals surface area (Å²) in [7, 11) is 0. The first-order chi connectivity index (χ1) is 7.72. The Hall–Kier alpha value is -1.42. The van der Waals surface area contributed by atoms with Crippen molar-refractivity contribution in [3.8, 4) is 0 Å². The average molecular weight is 224 g/mol. The fourth-order valence-corrected chi connectivity index (χ4v) is 1.25. The van der Waals surface area contributed by atoms with Crippen molar-refractivity contribution in [2.75, 3.05) is 13.1 Å². The number of rotatable bonds is 6. The van der Waals surface area contributed by atoms with E-state index in [1.807, 2.05) is 6.92 Å². The summed E-state index contributed by atoms with van der Waals surface area (Å²) in [6.07, 6.45) is 0.934. The van der Waals surface area contributed by atoms with Crippen molar-refractivity contribution < 1.29 is 9.18 Å². The van der Waals surface area contributed by atoms with Crippen LogP contribution in [0.4, 0.5) is 4.39 Å². The predicted molar refractivity (Wildman–Crippen MR) is 61.4 cm³/mol. The highest BCUT2D eigenvalue weighted by Crippen LogP contribution is 2.01. The fourth-order valence-electron chi connectivity index (χ4n) is 1.25. The summed E-state index contributed by atoms with van der Waals surface area (Å²) in [6, 6.07) is 6.22. The van der Waals surface area contributed by atoms with Gasteiger partial charge in [0.25, 0.3) is 0 Å². The predicted octanol–water partition coefficient (Wildman–Crippen LogP) is 1.44. The van der Waals surface area contributed by atoms with E-state index in [1.54, 1.807) is 12.1 Å². The monoisotopic (exact) mass is 224 g/mol. The van der Waals surface area contributed by atoms with E-state index in [4.69, 9.17) is 0 Å². The number of benzene rings is 1. The van der Waals surface area contributed by atoms with Crippen LogP contribution in [0.5, 0.6) is 0 Å². The van der Waals surface area contributed by atoms with Crippen LogP contribution in [0.15, 0.2) is 24.3 Å². The van der Waals surface area contributed by atoms with Crippen molar-refractivity contribution in [2.24, 2.45) is 0 Å². The van der Waals surface area contributed by atoms with E-state index < -0.39 is 0 Å². The van der Waals surface area contributed by atoms with Gasteiger partial charge in [0.1, 0.15) is 5.82 Å². The van der Waals surface area contributed by atoms with Gasteiger partial charge in [-0.3, -0.25) is 4.79 Å². The largest absolute Gasteiger partial charge is 0.355 e. The number of carbonyl (C=O) groups is 1. The minimum Gasteiger partial charge on any atom is -0.355 e. The van der Waals surface area contributed by atoms with Crippen molar-refractivity contribution in [3.05, 3.63) is 35.6 Å². The Balaban J connectivity index is 2.20. The Kier molecular flexibility index (Phi) is 5.50. The van der Waals surface area contributed by atoms with Gasteiger partial charge in [-0.15, -0.1) is 0 Å². The van der Waals surface area contributed by atoms with Crippen LogP contribution < -0.4 is 10.6 Å². The minimum absolute atomic E-state index is 0.0102. The fraction of sp³-hybridized carbons (Fsp3) is 0.417. The Morgan fingerprint density at radius 1 is 1.31 bits per heavy atom. The molecule has 0 aliphatic rings. The molecule has 0 saturated heterocycles. The van der Waals surface area contributed by atoms with Gasteiger partial charge in [-0.05, 0) is 24.1 Å². The lowest BCUT2D eigenvalue weighted by molar-refractivity contribution is -0.120. The molecule has 0 radical (unpaired) electrons. The van der Waals surface area contributed by atoms with Gasteiger partial charge < -0.3 is 10.6 Å². The smallest absolute Gasteiger partial charge is 0.233 e. The first-order valence-corrected chi connectivity index (χ1v) is 5.44. The summed E-state index contributed by atoms with van der Waals surface area (Å²) < 4.78 is 12.6. The number of amides is 1. The highest BCUT2D eigenvalue weighted by Gasteiger charge is 1.99. The summed E-state index contributed by atoms with van der Waals surface area (Å²) in [6.45, 7) is 3.57. The van der Waals surface area contributed by atoms with Gasteiger partial charge in [-0.25, -0.2) is 4.39 Å². The van der Waals surface area contributed by atoms with Crippen LogP contribution in [0.1, 0.15) is 18.9 Å². The minimum atomic E-state index is -0.246. The van der Waals surface area contributed by atoms with E-state index in [2.05, 4.69) is 10.6 Å². The molecule has 0 aliphatic carbocycles. The number of carbonyl (C=O) groups excluding carboxylic acids is 1. The van der Waals surface area contributed by atoms with E-state index >= 15 is 0 Å². The van der Waals surface area contributed by atoms with E-state index in [0.717, 1.165) is 12.0 Å². The second-order valence-corrected chi connectivity index (χ2v) is 3.58. The lowest BCUT2D eigenvalue weighted by Gasteiger charge is -2.05. The molecule has 1 aromatic carbocycles. The van der Waals surface area contributed by atoms with Crippen molar-refractivity contribution in [3.63, 3.8) is 0 Å². The molecule has 0 heterocycles. The van der Waals surface area contributed by atoms with Gasteiger partial charge in [0, 0.05) is 13.1 Å². The van der Waals surface area contributed by atoms with Crippen molar-refractivity contribution in [2.45, 2.75) is 19.9 Å². The maximum absolute atomic E-state index is 12.6. The number of hydrogen-bond donors (Lipinski definition) is 2. The molecule has 0 aliphatic heterocycles. The maximum atomic E-state index is 12.6. The van der Waals surface area contributed by atoms with Crippen LogP contribution >= 0.6 is 0 Å². The first-order valence-electron chi connectivity index (χ1n) is 5.44. The van der Waals surface area contributed by atoms with Crippen molar-refractivity contribution in [1.82, 2.24) is 10.6 Å². The first kappa shape index (κ1) is 12.6. The molecule has 88 valence electrons. The third kappa shape index (κ3) is 4.89. The Morgan fingerprint density at radius 3 is 2.62 bits per heavy atom. The summed E-state index contributed by atoms with van der Waals surface area (Å²) in [5, 5.41) is 5.76. The molecular weight excluding hydrogens is 207 g/mol. The normalized spacial score (nSPS) is 10.1. The highest BCUT2D eigenvalue weighted by atomic mass is 19.1. The Bertz CT molecular complexity index is 324. The third-order valence-corrected chi connectivity index (χ3v) is 2.10. The lowest BCUT2D eigenvalue weighted by atomic mass is 10.2. The molecule has 0 saturated carbocycles. The molecule has 0 unspecified atom stereocenters. The van der Waals surface area contributed by atoms with Crippen LogP contribution in [0.25, 0.3) is 0 Å². The van der Waals surface area contributed by atoms with Crippen LogP contribution in [0.3, 0.4) is 0 Å². The molecule has 0 aromatic heterocycles. The SMILES string of the molecule is CCCNC(=O)CNCc1ccc(F)cc1. The molecule has 1 aromatic rings. The lowest BCUT2D eigenvalue weighted by Crippen LogP contribution is -2.33. The van der Waals surface area contributed by atoms with Crippen LogP contribution in [0.2, 0.25) is 0 Å². The second kappa shape index (κ2) is 6.95. The van der Waals surface area contributed by atoms with E-state index in [9.17, 15) is 9.18 Å². The van der Waals surface area contributed by atoms with E-state index in [-0.39, 0.29) is 18.3 Å². The third-order valence-electron chi connectivity index (χ3n) is 2.10. The summed E-state index contributed by atoms with van der Waals surface area (Å²) in [4.78, 5) is 11.2. The van der Waals surface area contributed by atoms with Crippen LogP contribution in [0, 0.1) is 5.82 Å². The summed E-state index contributed by atoms with van der Waals surface area (Å²) in [5.74, 6) is -0.256. The van der Waals surface area contributed by atoms with Gasteiger partial charge in [-0.2, -0.15) is 0 Å². The standard InChI is InChI=1S/C12H17FN2O/c1-2-7-15-12(16)9-14-8-10-3-5-11(13)6-4-10/h3-6,14H,2,7-9H2,1H3,(H,15,16). The van der Waals surface area contributed by atoms with Gasteiger partial charge in [0.05, 0.1) is 6.54 Å². The van der Waals surface area contributed by atoms with Gasteiger partial charge in [0.2, 0.25) is 5.91 Å². The molecule has 2 N–H and O–H groups in total. The average Bonchev–Trinajstić information content (AvgIpc) is 2.29. The van der Waals surface area contributed by atoms with Crippen LogP contribution in [-0.4, -0.2) is 19.0 Å². The molecular formula is C12H17FN2O. The number of hydrogen-bond acceptors (Lipinski definition) is 2. The molecule has 0 bridgehead atoms. The number of halogens is 1. The Labute approximate surface area is 95.0 Å². The Morgan fingerprint density at radius 2 is 2.00 bits per heavy atom. The molecule has 4 heteroatoms. The maximum Gasteiger partial charge on any atom is 0.233 e. The molecule has 0 atom stereocenters. The molecule has 1 rings (SSSR count). The topological polar surface area (TPSA) is 41.1 Å². The van der Waals surface area contributed by atoms with E-state index in [1.165, 1.54) is 12.1 Å². The van der Waals surface area contributed by atoms with Gasteiger partial charge in [-0.1, -0.05) is 19.1 Å². The zero-order valence-corrected chi connectivity index (χ0v) is 9.42. The van der Waals surface area contributed by atoms with Gasteiger partial charge in [0.15, 0.2) is 0 Å². The molecule has 16 heavy (non-hydrogen) atoms. The zero-order chi connectivity index (χ0) is 11.8. The van der Waals surface area contributed by atoms with Crippen molar-refractivity contribution >= 4 is 5.91 Å². The molecule has 0 fully saturated rings. The second-order valence-electron chi connectivity index (χ2n) is 3.58. The highest BCUT2D eigenvalue weighted by molar-refractivity contribution is 5.77. The molecule has 0 spiro atoms. The van der Waals surface area contributed by atoms with Crippen molar-refractivity contribution in [1.29, 1.82) is 0 Å².